The van der Waals surface area contributed by atoms with Crippen molar-refractivity contribution in [3.63, 3.8) is 0 Å². The third-order valence-electron chi connectivity index (χ3n) is 3.77. The Morgan fingerprint density at radius 2 is 1.92 bits per heavy atom. The van der Waals surface area contributed by atoms with Gasteiger partial charge in [0, 0.05) is 19.5 Å². The first kappa shape index (κ1) is 20.0. The molecule has 1 aliphatic rings. The van der Waals surface area contributed by atoms with E-state index in [-0.39, 0.29) is 38.4 Å². The first-order valence-corrected chi connectivity index (χ1v) is 8.74. The summed E-state index contributed by atoms with van der Waals surface area (Å²) in [7, 11) is 0. The van der Waals surface area contributed by atoms with Crippen LogP contribution >= 0.6 is 11.7 Å². The summed E-state index contributed by atoms with van der Waals surface area (Å²) in [5.41, 5.74) is 0.775. The van der Waals surface area contributed by atoms with Gasteiger partial charge >= 0.3 is 6.30 Å². The van der Waals surface area contributed by atoms with Gasteiger partial charge in [0.05, 0.1) is 18.3 Å². The SMILES string of the molecule is CC(F)(F)CCCCCOc1nsnc1C1=CCCN(C(F)(F)F)C1. The molecule has 0 aromatic carbocycles. The lowest BCUT2D eigenvalue weighted by Crippen LogP contribution is -2.41. The minimum absolute atomic E-state index is 0.0805. The lowest BCUT2D eigenvalue weighted by molar-refractivity contribution is -0.241. The molecule has 1 aromatic rings. The van der Waals surface area contributed by atoms with Gasteiger partial charge in [-0.25, -0.2) is 13.7 Å². The highest BCUT2D eigenvalue weighted by molar-refractivity contribution is 6.99. The second-order valence-corrected chi connectivity index (χ2v) is 6.58. The van der Waals surface area contributed by atoms with Gasteiger partial charge in [-0.05, 0) is 38.2 Å². The van der Waals surface area contributed by atoms with Crippen molar-refractivity contribution in [2.24, 2.45) is 0 Å². The van der Waals surface area contributed by atoms with Crippen LogP contribution in [0, 0.1) is 0 Å². The monoisotopic (exact) mass is 385 g/mol. The molecule has 10 heteroatoms. The van der Waals surface area contributed by atoms with Crippen LogP contribution in [-0.2, 0) is 0 Å². The quantitative estimate of drug-likeness (QED) is 0.368. The number of hydrogen-bond donors (Lipinski definition) is 0. The van der Waals surface area contributed by atoms with Gasteiger partial charge in [-0.15, -0.1) is 4.37 Å². The Balaban J connectivity index is 1.83. The number of aromatic nitrogens is 2. The van der Waals surface area contributed by atoms with Gasteiger partial charge in [-0.1, -0.05) is 6.08 Å². The fourth-order valence-electron chi connectivity index (χ4n) is 2.49. The molecule has 0 unspecified atom stereocenters. The molecule has 2 heterocycles. The standard InChI is InChI=1S/C15H20F5N3OS/c1-14(16,17)7-3-2-4-9-24-13-12(21-25-22-13)11-6-5-8-23(10-11)15(18,19)20/h6H,2-5,7-10H2,1H3. The van der Waals surface area contributed by atoms with E-state index in [1.165, 1.54) is 0 Å². The molecule has 0 spiro atoms. The zero-order valence-electron chi connectivity index (χ0n) is 13.8. The summed E-state index contributed by atoms with van der Waals surface area (Å²) in [6, 6.07) is 0. The van der Waals surface area contributed by atoms with Crippen molar-refractivity contribution in [1.82, 2.24) is 13.6 Å². The molecular formula is C15H20F5N3OS. The molecule has 0 saturated carbocycles. The molecule has 0 atom stereocenters. The van der Waals surface area contributed by atoms with Crippen LogP contribution in [-0.4, -0.2) is 45.6 Å². The van der Waals surface area contributed by atoms with Crippen molar-refractivity contribution < 1.29 is 26.7 Å². The second kappa shape index (κ2) is 8.39. The van der Waals surface area contributed by atoms with Crippen molar-refractivity contribution in [3.05, 3.63) is 11.8 Å². The molecule has 0 amide bonds. The van der Waals surface area contributed by atoms with Crippen molar-refractivity contribution in [2.45, 2.75) is 51.3 Å². The van der Waals surface area contributed by atoms with Crippen LogP contribution in [0.5, 0.6) is 5.88 Å². The molecule has 0 fully saturated rings. The molecule has 0 N–H and O–H groups in total. The zero-order valence-corrected chi connectivity index (χ0v) is 14.6. The molecule has 0 radical (unpaired) electrons. The fraction of sp³-hybridized carbons (Fsp3) is 0.733. The van der Waals surface area contributed by atoms with E-state index in [2.05, 4.69) is 8.75 Å². The Bertz CT molecular complexity index is 582. The number of ether oxygens (including phenoxy) is 1. The molecule has 0 aliphatic carbocycles. The maximum absolute atomic E-state index is 12.8. The Morgan fingerprint density at radius 3 is 2.60 bits per heavy atom. The maximum Gasteiger partial charge on any atom is 0.460 e. The number of nitrogens with zero attached hydrogens (tertiary/aromatic N) is 3. The fourth-order valence-corrected chi connectivity index (χ4v) is 3.02. The minimum Gasteiger partial charge on any atom is -0.475 e. The van der Waals surface area contributed by atoms with Gasteiger partial charge in [-0.3, -0.25) is 0 Å². The molecule has 25 heavy (non-hydrogen) atoms. The van der Waals surface area contributed by atoms with Crippen LogP contribution in [0.15, 0.2) is 6.08 Å². The van der Waals surface area contributed by atoms with E-state index >= 15 is 0 Å². The summed E-state index contributed by atoms with van der Waals surface area (Å²) in [5, 5.41) is 0. The topological polar surface area (TPSA) is 38.3 Å². The number of hydrogen-bond acceptors (Lipinski definition) is 5. The van der Waals surface area contributed by atoms with Crippen molar-refractivity contribution in [3.8, 4) is 5.88 Å². The van der Waals surface area contributed by atoms with Gasteiger partial charge in [0.25, 0.3) is 5.88 Å². The zero-order chi connectivity index (χ0) is 18.5. The van der Waals surface area contributed by atoms with E-state index in [4.69, 9.17) is 4.74 Å². The van der Waals surface area contributed by atoms with Gasteiger partial charge in [0.1, 0.15) is 5.69 Å². The summed E-state index contributed by atoms with van der Waals surface area (Å²) >= 11 is 0.875. The van der Waals surface area contributed by atoms with Crippen LogP contribution < -0.4 is 4.74 Å². The number of alkyl halides is 5. The predicted molar refractivity (Wildman–Crippen MR) is 84.7 cm³/mol. The molecule has 2 rings (SSSR count). The minimum atomic E-state index is -4.38. The lowest BCUT2D eigenvalue weighted by Gasteiger charge is -2.28. The van der Waals surface area contributed by atoms with E-state index in [0.29, 0.717) is 35.4 Å². The van der Waals surface area contributed by atoms with Crippen molar-refractivity contribution in [1.29, 1.82) is 0 Å². The number of unbranched alkanes of at least 4 members (excludes halogenated alkanes) is 2. The van der Waals surface area contributed by atoms with E-state index in [9.17, 15) is 22.0 Å². The Kier molecular flexibility index (Phi) is 6.72. The molecule has 1 aliphatic heterocycles. The second-order valence-electron chi connectivity index (χ2n) is 6.05. The van der Waals surface area contributed by atoms with Crippen molar-refractivity contribution >= 4 is 17.3 Å². The lowest BCUT2D eigenvalue weighted by atomic mass is 10.1. The highest BCUT2D eigenvalue weighted by atomic mass is 32.1. The normalized spacial score (nSPS) is 16.8. The van der Waals surface area contributed by atoms with Crippen LogP contribution in [0.2, 0.25) is 0 Å². The Hall–Kier alpha value is -1.29. The first-order chi connectivity index (χ1) is 11.7. The van der Waals surface area contributed by atoms with Crippen molar-refractivity contribution in [2.75, 3.05) is 19.7 Å². The molecule has 0 bridgehead atoms. The van der Waals surface area contributed by atoms with E-state index in [0.717, 1.165) is 18.7 Å². The number of halogens is 5. The summed E-state index contributed by atoms with van der Waals surface area (Å²) in [4.78, 5) is 0.427. The van der Waals surface area contributed by atoms with Gasteiger partial charge < -0.3 is 4.74 Å². The molecule has 4 nitrogen and oxygen atoms in total. The van der Waals surface area contributed by atoms with Crippen LogP contribution in [0.3, 0.4) is 0 Å². The number of rotatable bonds is 8. The average Bonchev–Trinajstić information content (AvgIpc) is 2.97. The van der Waals surface area contributed by atoms with Gasteiger partial charge in [0.2, 0.25) is 5.92 Å². The molecule has 0 saturated heterocycles. The molecular weight excluding hydrogens is 365 g/mol. The third kappa shape index (κ3) is 6.50. The Labute approximate surface area is 147 Å². The van der Waals surface area contributed by atoms with E-state index in [1.807, 2.05) is 0 Å². The first-order valence-electron chi connectivity index (χ1n) is 8.01. The Morgan fingerprint density at radius 1 is 1.16 bits per heavy atom. The van der Waals surface area contributed by atoms with Gasteiger partial charge in [0.15, 0.2) is 0 Å². The van der Waals surface area contributed by atoms with E-state index < -0.39 is 12.2 Å². The van der Waals surface area contributed by atoms with Gasteiger partial charge in [-0.2, -0.15) is 17.5 Å². The highest BCUT2D eigenvalue weighted by Crippen LogP contribution is 2.32. The summed E-state index contributed by atoms with van der Waals surface area (Å²) in [6.07, 6.45) is -1.02. The highest BCUT2D eigenvalue weighted by Gasteiger charge is 2.39. The van der Waals surface area contributed by atoms with Crippen LogP contribution in [0.4, 0.5) is 22.0 Å². The maximum atomic E-state index is 12.8. The third-order valence-corrected chi connectivity index (χ3v) is 4.28. The summed E-state index contributed by atoms with van der Waals surface area (Å²) < 4.78 is 77.4. The summed E-state index contributed by atoms with van der Waals surface area (Å²) in [6.45, 7) is 0.794. The largest absolute Gasteiger partial charge is 0.475 e. The molecule has 142 valence electrons. The van der Waals surface area contributed by atoms with Crippen LogP contribution in [0.1, 0.15) is 44.7 Å². The predicted octanol–water partition coefficient (Wildman–Crippen LogP) is 4.74. The smallest absolute Gasteiger partial charge is 0.460 e. The summed E-state index contributed by atoms with van der Waals surface area (Å²) in [5.74, 6) is -2.45. The van der Waals surface area contributed by atoms with E-state index in [1.54, 1.807) is 6.08 Å². The molecule has 1 aromatic heterocycles. The average molecular weight is 385 g/mol. The van der Waals surface area contributed by atoms with Crippen LogP contribution in [0.25, 0.3) is 5.57 Å².